The van der Waals surface area contributed by atoms with Crippen LogP contribution >= 0.6 is 0 Å². The van der Waals surface area contributed by atoms with Gasteiger partial charge >= 0.3 is 0 Å². The average Bonchev–Trinajstić information content (AvgIpc) is 2.77. The van der Waals surface area contributed by atoms with Crippen molar-refractivity contribution in [2.45, 2.75) is 0 Å². The molecular formula is C21H24N2O5. The summed E-state index contributed by atoms with van der Waals surface area (Å²) in [5, 5.41) is 0. The van der Waals surface area contributed by atoms with Crippen molar-refractivity contribution in [3.8, 4) is 17.2 Å². The molecule has 2 aromatic carbocycles. The molecule has 1 amide bonds. The summed E-state index contributed by atoms with van der Waals surface area (Å²) in [6.45, 7) is 2.60. The lowest BCUT2D eigenvalue weighted by Gasteiger charge is -2.36. The van der Waals surface area contributed by atoms with Gasteiger partial charge in [-0.15, -0.1) is 0 Å². The van der Waals surface area contributed by atoms with Gasteiger partial charge in [0, 0.05) is 31.7 Å². The topological polar surface area (TPSA) is 68.3 Å². The van der Waals surface area contributed by atoms with Crippen LogP contribution < -0.4 is 19.1 Å². The Morgan fingerprint density at radius 3 is 2.36 bits per heavy atom. The first-order valence-corrected chi connectivity index (χ1v) is 9.08. The summed E-state index contributed by atoms with van der Waals surface area (Å²) < 4.78 is 16.3. The molecule has 3 rings (SSSR count). The SMILES string of the molecule is COc1cc(C=O)ccc1OCC(=O)N1CCN(c2ccccc2OC)CC1. The zero-order valence-electron chi connectivity index (χ0n) is 16.1. The Kier molecular flexibility index (Phi) is 6.37. The Balaban J connectivity index is 1.55. The Bertz CT molecular complexity index is 831. The predicted molar refractivity (Wildman–Crippen MR) is 106 cm³/mol. The van der Waals surface area contributed by atoms with Crippen LogP contribution in [0.5, 0.6) is 17.2 Å². The number of aldehydes is 1. The third kappa shape index (κ3) is 4.36. The molecule has 0 aromatic heterocycles. The van der Waals surface area contributed by atoms with Crippen molar-refractivity contribution in [2.24, 2.45) is 0 Å². The number of methoxy groups -OCH3 is 2. The maximum atomic E-state index is 12.5. The van der Waals surface area contributed by atoms with Gasteiger partial charge in [0.05, 0.1) is 19.9 Å². The number of amides is 1. The van der Waals surface area contributed by atoms with E-state index < -0.39 is 0 Å². The third-order valence-electron chi connectivity index (χ3n) is 4.73. The normalized spacial score (nSPS) is 13.8. The molecule has 28 heavy (non-hydrogen) atoms. The van der Waals surface area contributed by atoms with Gasteiger partial charge in [-0.05, 0) is 30.3 Å². The lowest BCUT2D eigenvalue weighted by Crippen LogP contribution is -2.50. The highest BCUT2D eigenvalue weighted by molar-refractivity contribution is 5.79. The van der Waals surface area contributed by atoms with E-state index in [1.54, 1.807) is 30.2 Å². The lowest BCUT2D eigenvalue weighted by molar-refractivity contribution is -0.133. The Hall–Kier alpha value is -3.22. The maximum absolute atomic E-state index is 12.5. The van der Waals surface area contributed by atoms with E-state index in [1.807, 2.05) is 24.3 Å². The van der Waals surface area contributed by atoms with E-state index in [1.165, 1.54) is 7.11 Å². The van der Waals surface area contributed by atoms with E-state index in [4.69, 9.17) is 14.2 Å². The van der Waals surface area contributed by atoms with Crippen molar-refractivity contribution < 1.29 is 23.8 Å². The molecule has 0 aliphatic carbocycles. The van der Waals surface area contributed by atoms with Crippen LogP contribution in [-0.2, 0) is 4.79 Å². The Morgan fingerprint density at radius 1 is 0.964 bits per heavy atom. The summed E-state index contributed by atoms with van der Waals surface area (Å²) >= 11 is 0. The fourth-order valence-corrected chi connectivity index (χ4v) is 3.20. The fourth-order valence-electron chi connectivity index (χ4n) is 3.20. The maximum Gasteiger partial charge on any atom is 0.260 e. The summed E-state index contributed by atoms with van der Waals surface area (Å²) in [6.07, 6.45) is 0.735. The smallest absolute Gasteiger partial charge is 0.260 e. The number of hydrogen-bond donors (Lipinski definition) is 0. The zero-order chi connectivity index (χ0) is 19.9. The van der Waals surface area contributed by atoms with E-state index >= 15 is 0 Å². The highest BCUT2D eigenvalue weighted by atomic mass is 16.5. The molecule has 0 atom stereocenters. The largest absolute Gasteiger partial charge is 0.495 e. The molecule has 2 aromatic rings. The van der Waals surface area contributed by atoms with E-state index in [2.05, 4.69) is 4.90 Å². The van der Waals surface area contributed by atoms with Gasteiger partial charge in [-0.2, -0.15) is 0 Å². The van der Waals surface area contributed by atoms with Crippen LogP contribution in [0.3, 0.4) is 0 Å². The van der Waals surface area contributed by atoms with Gasteiger partial charge in [0.25, 0.3) is 5.91 Å². The second kappa shape index (κ2) is 9.12. The van der Waals surface area contributed by atoms with Crippen LogP contribution in [-0.4, -0.2) is 64.1 Å². The molecule has 148 valence electrons. The van der Waals surface area contributed by atoms with Crippen LogP contribution in [0.2, 0.25) is 0 Å². The quantitative estimate of drug-likeness (QED) is 0.682. The first kappa shape index (κ1) is 19.5. The highest BCUT2D eigenvalue weighted by Crippen LogP contribution is 2.29. The minimum absolute atomic E-state index is 0.0779. The predicted octanol–water partition coefficient (Wildman–Crippen LogP) is 2.24. The average molecular weight is 384 g/mol. The van der Waals surface area contributed by atoms with Gasteiger partial charge < -0.3 is 24.0 Å². The molecule has 7 heteroatoms. The van der Waals surface area contributed by atoms with Gasteiger partial charge in [-0.1, -0.05) is 12.1 Å². The number of piperazine rings is 1. The first-order chi connectivity index (χ1) is 13.7. The zero-order valence-corrected chi connectivity index (χ0v) is 16.1. The van der Waals surface area contributed by atoms with Crippen molar-refractivity contribution in [2.75, 3.05) is 51.9 Å². The second-order valence-electron chi connectivity index (χ2n) is 6.36. The van der Waals surface area contributed by atoms with Crippen LogP contribution in [0.4, 0.5) is 5.69 Å². The number of anilines is 1. The van der Waals surface area contributed by atoms with Crippen molar-refractivity contribution >= 4 is 17.9 Å². The number of benzene rings is 2. The summed E-state index contributed by atoms with van der Waals surface area (Å²) in [7, 11) is 3.15. The molecule has 0 spiro atoms. The Labute approximate surface area is 164 Å². The van der Waals surface area contributed by atoms with Crippen LogP contribution in [0.15, 0.2) is 42.5 Å². The number of rotatable bonds is 7. The van der Waals surface area contributed by atoms with Gasteiger partial charge in [0.15, 0.2) is 18.1 Å². The molecular weight excluding hydrogens is 360 g/mol. The standard InChI is InChI=1S/C21H24N2O5/c1-26-18-6-4-3-5-17(18)22-9-11-23(12-10-22)21(25)15-28-19-8-7-16(14-24)13-20(19)27-2/h3-8,13-14H,9-12,15H2,1-2H3. The van der Waals surface area contributed by atoms with Crippen LogP contribution in [0.1, 0.15) is 10.4 Å². The summed E-state index contributed by atoms with van der Waals surface area (Å²) in [5.41, 5.74) is 1.52. The number of hydrogen-bond acceptors (Lipinski definition) is 6. The van der Waals surface area contributed by atoms with Gasteiger partial charge in [0.1, 0.15) is 12.0 Å². The van der Waals surface area contributed by atoms with Crippen LogP contribution in [0.25, 0.3) is 0 Å². The number of carbonyl (C=O) groups is 2. The second-order valence-corrected chi connectivity index (χ2v) is 6.36. The molecule has 1 saturated heterocycles. The van der Waals surface area contributed by atoms with E-state index in [-0.39, 0.29) is 12.5 Å². The summed E-state index contributed by atoms with van der Waals surface area (Å²) in [4.78, 5) is 27.4. The monoisotopic (exact) mass is 384 g/mol. The molecule has 0 saturated carbocycles. The van der Waals surface area contributed by atoms with E-state index in [9.17, 15) is 9.59 Å². The van der Waals surface area contributed by atoms with Crippen molar-refractivity contribution in [3.05, 3.63) is 48.0 Å². The molecule has 0 bridgehead atoms. The third-order valence-corrected chi connectivity index (χ3v) is 4.73. The molecule has 1 aliphatic rings. The van der Waals surface area contributed by atoms with Crippen molar-refractivity contribution in [1.29, 1.82) is 0 Å². The fraction of sp³-hybridized carbons (Fsp3) is 0.333. The lowest BCUT2D eigenvalue weighted by atomic mass is 10.2. The summed E-state index contributed by atoms with van der Waals surface area (Å²) in [5.74, 6) is 1.62. The van der Waals surface area contributed by atoms with Gasteiger partial charge in [0.2, 0.25) is 0 Å². The minimum Gasteiger partial charge on any atom is -0.495 e. The number of carbonyl (C=O) groups excluding carboxylic acids is 2. The molecule has 0 unspecified atom stereocenters. The van der Waals surface area contributed by atoms with Crippen molar-refractivity contribution in [1.82, 2.24) is 4.90 Å². The summed E-state index contributed by atoms with van der Waals surface area (Å²) in [6, 6.07) is 12.7. The molecule has 7 nitrogen and oxygen atoms in total. The van der Waals surface area contributed by atoms with Crippen molar-refractivity contribution in [3.63, 3.8) is 0 Å². The van der Waals surface area contributed by atoms with Crippen LogP contribution in [0, 0.1) is 0 Å². The van der Waals surface area contributed by atoms with Gasteiger partial charge in [-0.3, -0.25) is 9.59 Å². The molecule has 0 radical (unpaired) electrons. The molecule has 1 heterocycles. The number of nitrogens with zero attached hydrogens (tertiary/aromatic N) is 2. The Morgan fingerprint density at radius 2 is 1.68 bits per heavy atom. The minimum atomic E-state index is -0.0822. The number of ether oxygens (including phenoxy) is 3. The highest BCUT2D eigenvalue weighted by Gasteiger charge is 2.23. The van der Waals surface area contributed by atoms with E-state index in [0.29, 0.717) is 30.2 Å². The van der Waals surface area contributed by atoms with Gasteiger partial charge in [-0.25, -0.2) is 0 Å². The molecule has 1 fully saturated rings. The molecule has 0 N–H and O–H groups in total. The molecule has 1 aliphatic heterocycles. The number of para-hydroxylation sites is 2. The van der Waals surface area contributed by atoms with E-state index in [0.717, 1.165) is 30.8 Å². The first-order valence-electron chi connectivity index (χ1n) is 9.08.